The molecular weight excluding hydrogens is 328 g/mol. The maximum absolute atomic E-state index is 12.7. The summed E-state index contributed by atoms with van der Waals surface area (Å²) in [7, 11) is 1.81. The van der Waals surface area contributed by atoms with Gasteiger partial charge in [0.25, 0.3) is 5.91 Å². The lowest BCUT2D eigenvalue weighted by Crippen LogP contribution is -2.32. The van der Waals surface area contributed by atoms with Crippen molar-refractivity contribution < 1.29 is 4.79 Å². The number of nitrogens with one attached hydrogen (secondary N) is 1. The first kappa shape index (κ1) is 16.5. The summed E-state index contributed by atoms with van der Waals surface area (Å²) in [6.45, 7) is 2.03. The van der Waals surface area contributed by atoms with Gasteiger partial charge in [0.05, 0.1) is 23.6 Å². The van der Waals surface area contributed by atoms with Gasteiger partial charge in [-0.1, -0.05) is 13.0 Å². The summed E-state index contributed by atoms with van der Waals surface area (Å²) in [5.41, 5.74) is 3.71. The summed E-state index contributed by atoms with van der Waals surface area (Å²) < 4.78 is 3.53. The Morgan fingerprint density at radius 3 is 3.00 bits per heavy atom. The third-order valence-electron chi connectivity index (χ3n) is 4.88. The van der Waals surface area contributed by atoms with E-state index in [-0.39, 0.29) is 11.9 Å². The monoisotopic (exact) mass is 350 g/mol. The lowest BCUT2D eigenvalue weighted by Gasteiger charge is -2.24. The number of hydrogen-bond donors (Lipinski definition) is 1. The third-order valence-corrected chi connectivity index (χ3v) is 4.88. The van der Waals surface area contributed by atoms with E-state index >= 15 is 0 Å². The Balaban J connectivity index is 1.60. The van der Waals surface area contributed by atoms with Crippen molar-refractivity contribution >= 4 is 5.91 Å². The molecule has 1 aliphatic rings. The fraction of sp³-hybridized carbons (Fsp3) is 0.368. The lowest BCUT2D eigenvalue weighted by atomic mass is 9.93. The number of carbonyl (C=O) groups is 1. The van der Waals surface area contributed by atoms with Gasteiger partial charge in [0.2, 0.25) is 0 Å². The summed E-state index contributed by atoms with van der Waals surface area (Å²) in [6, 6.07) is 7.60. The van der Waals surface area contributed by atoms with Gasteiger partial charge in [-0.05, 0) is 43.9 Å². The smallest absolute Gasteiger partial charge is 0.270 e. The maximum Gasteiger partial charge on any atom is 0.270 e. The number of nitrogens with zero attached hydrogens (tertiary/aromatic N) is 5. The molecule has 7 heteroatoms. The summed E-state index contributed by atoms with van der Waals surface area (Å²) >= 11 is 0. The van der Waals surface area contributed by atoms with E-state index in [0.717, 1.165) is 48.5 Å². The van der Waals surface area contributed by atoms with Gasteiger partial charge in [0.15, 0.2) is 5.82 Å². The molecule has 0 saturated heterocycles. The molecule has 0 radical (unpaired) electrons. The summed E-state index contributed by atoms with van der Waals surface area (Å²) in [6.07, 6.45) is 7.27. The van der Waals surface area contributed by atoms with E-state index in [9.17, 15) is 4.79 Å². The molecule has 0 spiro atoms. The molecule has 134 valence electrons. The fourth-order valence-corrected chi connectivity index (χ4v) is 3.53. The molecule has 3 aromatic heterocycles. The first-order valence-corrected chi connectivity index (χ1v) is 8.99. The minimum absolute atomic E-state index is 0.0383. The van der Waals surface area contributed by atoms with E-state index in [0.29, 0.717) is 5.69 Å². The van der Waals surface area contributed by atoms with Crippen LogP contribution in [0.2, 0.25) is 0 Å². The molecule has 1 N–H and O–H groups in total. The quantitative estimate of drug-likeness (QED) is 0.784. The largest absolute Gasteiger partial charge is 0.344 e. The number of fused-ring (bicyclic) bond motifs is 1. The molecular formula is C19H22N6O. The molecule has 3 aromatic rings. The second kappa shape index (κ2) is 6.74. The zero-order valence-corrected chi connectivity index (χ0v) is 15.0. The molecule has 3 heterocycles. The Morgan fingerprint density at radius 1 is 1.38 bits per heavy atom. The summed E-state index contributed by atoms with van der Waals surface area (Å²) in [4.78, 5) is 17.1. The average molecular weight is 350 g/mol. The highest BCUT2D eigenvalue weighted by molar-refractivity contribution is 5.93. The highest BCUT2D eigenvalue weighted by atomic mass is 16.2. The zero-order chi connectivity index (χ0) is 18.1. The van der Waals surface area contributed by atoms with Gasteiger partial charge < -0.3 is 5.32 Å². The molecule has 26 heavy (non-hydrogen) atoms. The second-order valence-electron chi connectivity index (χ2n) is 6.56. The van der Waals surface area contributed by atoms with Crippen molar-refractivity contribution in [2.24, 2.45) is 7.05 Å². The number of hydrogen-bond acceptors (Lipinski definition) is 4. The van der Waals surface area contributed by atoms with Crippen LogP contribution in [0.1, 0.15) is 53.2 Å². The van der Waals surface area contributed by atoms with Gasteiger partial charge in [-0.25, -0.2) is 9.67 Å². The number of aryl methyl sites for hydroxylation is 2. The predicted octanol–water partition coefficient (Wildman–Crippen LogP) is 2.37. The van der Waals surface area contributed by atoms with Crippen LogP contribution in [-0.2, 0) is 19.9 Å². The van der Waals surface area contributed by atoms with Crippen LogP contribution in [0.15, 0.2) is 36.7 Å². The second-order valence-corrected chi connectivity index (χ2v) is 6.56. The molecule has 0 unspecified atom stereocenters. The van der Waals surface area contributed by atoms with Crippen molar-refractivity contribution in [1.29, 1.82) is 0 Å². The molecule has 0 fully saturated rings. The molecule has 0 bridgehead atoms. The van der Waals surface area contributed by atoms with E-state index in [2.05, 4.69) is 20.5 Å². The minimum Gasteiger partial charge on any atom is -0.344 e. The van der Waals surface area contributed by atoms with Gasteiger partial charge in [-0.15, -0.1) is 0 Å². The van der Waals surface area contributed by atoms with Crippen LogP contribution in [0.5, 0.6) is 0 Å². The Morgan fingerprint density at radius 2 is 2.27 bits per heavy atom. The van der Waals surface area contributed by atoms with E-state index in [1.54, 1.807) is 17.9 Å². The van der Waals surface area contributed by atoms with E-state index < -0.39 is 0 Å². The van der Waals surface area contributed by atoms with Crippen molar-refractivity contribution in [3.8, 4) is 5.82 Å². The molecule has 1 amide bonds. The number of pyridine rings is 1. The van der Waals surface area contributed by atoms with Crippen LogP contribution in [0.4, 0.5) is 0 Å². The normalized spacial score (nSPS) is 16.3. The van der Waals surface area contributed by atoms with Crippen LogP contribution >= 0.6 is 0 Å². The number of rotatable bonds is 4. The molecule has 1 aliphatic carbocycles. The molecule has 0 saturated carbocycles. The lowest BCUT2D eigenvalue weighted by molar-refractivity contribution is 0.0923. The average Bonchev–Trinajstić information content (AvgIpc) is 3.26. The Kier molecular flexibility index (Phi) is 4.28. The zero-order valence-electron chi connectivity index (χ0n) is 15.0. The van der Waals surface area contributed by atoms with Crippen LogP contribution in [0.3, 0.4) is 0 Å². The predicted molar refractivity (Wildman–Crippen MR) is 97.1 cm³/mol. The Labute approximate surface area is 152 Å². The van der Waals surface area contributed by atoms with Crippen LogP contribution < -0.4 is 5.32 Å². The Bertz CT molecular complexity index is 927. The van der Waals surface area contributed by atoms with Gasteiger partial charge >= 0.3 is 0 Å². The fourth-order valence-electron chi connectivity index (χ4n) is 3.53. The van der Waals surface area contributed by atoms with Gasteiger partial charge in [0.1, 0.15) is 5.69 Å². The van der Waals surface area contributed by atoms with Gasteiger partial charge in [-0.3, -0.25) is 9.48 Å². The number of aromatic nitrogens is 5. The molecule has 0 aliphatic heterocycles. The number of amides is 1. The summed E-state index contributed by atoms with van der Waals surface area (Å²) in [5.74, 6) is 0.711. The van der Waals surface area contributed by atoms with Crippen LogP contribution in [0.25, 0.3) is 5.82 Å². The van der Waals surface area contributed by atoms with Crippen molar-refractivity contribution in [3.05, 3.63) is 59.3 Å². The number of carbonyl (C=O) groups excluding carboxylic acids is 1. The van der Waals surface area contributed by atoms with Crippen molar-refractivity contribution in [2.75, 3.05) is 0 Å². The summed E-state index contributed by atoms with van der Waals surface area (Å²) in [5, 5.41) is 12.0. The Hall–Kier alpha value is -2.96. The molecule has 1 atom stereocenters. The standard InChI is InChI=1S/C19H22N6O/c1-3-13-11-17(24(2)23-13)19(26)22-15-7-6-8-16-14(15)12-21-25(16)18-9-4-5-10-20-18/h4-5,9-12,15H,3,6-8H2,1-2H3,(H,22,26)/t15-/m0/s1. The van der Waals surface area contributed by atoms with E-state index in [4.69, 9.17) is 0 Å². The van der Waals surface area contributed by atoms with Gasteiger partial charge in [0, 0.05) is 18.8 Å². The molecule has 7 nitrogen and oxygen atoms in total. The van der Waals surface area contributed by atoms with E-state index in [1.807, 2.05) is 42.1 Å². The highest BCUT2D eigenvalue weighted by Crippen LogP contribution is 2.31. The van der Waals surface area contributed by atoms with Crippen molar-refractivity contribution in [1.82, 2.24) is 29.9 Å². The first-order chi connectivity index (χ1) is 12.7. The van der Waals surface area contributed by atoms with Crippen LogP contribution in [0, 0.1) is 0 Å². The van der Waals surface area contributed by atoms with Gasteiger partial charge in [-0.2, -0.15) is 10.2 Å². The minimum atomic E-state index is -0.0943. The van der Waals surface area contributed by atoms with Crippen molar-refractivity contribution in [2.45, 2.75) is 38.6 Å². The SMILES string of the molecule is CCc1cc(C(=O)N[C@H]2CCCc3c2cnn3-c2ccccn2)n(C)n1. The molecule has 0 aromatic carbocycles. The van der Waals surface area contributed by atoms with Crippen LogP contribution in [-0.4, -0.2) is 30.5 Å². The van der Waals surface area contributed by atoms with E-state index in [1.165, 1.54) is 0 Å². The highest BCUT2D eigenvalue weighted by Gasteiger charge is 2.27. The maximum atomic E-state index is 12.7. The third kappa shape index (κ3) is 2.89. The first-order valence-electron chi connectivity index (χ1n) is 8.99. The molecule has 4 rings (SSSR count). The van der Waals surface area contributed by atoms with Crippen molar-refractivity contribution in [3.63, 3.8) is 0 Å². The topological polar surface area (TPSA) is 77.6 Å².